The molecule has 2 atom stereocenters. The molecule has 0 spiro atoms. The highest BCUT2D eigenvalue weighted by Crippen LogP contribution is 2.52. The van der Waals surface area contributed by atoms with E-state index in [2.05, 4.69) is 4.90 Å². The zero-order chi connectivity index (χ0) is 15.1. The lowest BCUT2D eigenvalue weighted by molar-refractivity contribution is -0.00461. The van der Waals surface area contributed by atoms with Gasteiger partial charge in [-0.15, -0.1) is 11.3 Å². The van der Waals surface area contributed by atoms with Gasteiger partial charge in [-0.25, -0.2) is 0 Å². The molecule has 1 aromatic rings. The van der Waals surface area contributed by atoms with Crippen LogP contribution in [0.5, 0.6) is 0 Å². The first kappa shape index (κ1) is 14.8. The van der Waals surface area contributed by atoms with Crippen LogP contribution in [0, 0.1) is 0 Å². The number of hydrogen-bond acceptors (Lipinski definition) is 6. The number of nitrogens with zero attached hydrogens (tertiary/aromatic N) is 1. The molecule has 2 fully saturated rings. The topological polar surface area (TPSA) is 64.8 Å². The van der Waals surface area contributed by atoms with Crippen molar-refractivity contribution in [3.8, 4) is 0 Å². The van der Waals surface area contributed by atoms with Gasteiger partial charge < -0.3 is 20.1 Å². The normalized spacial score (nSPS) is 25.6. The number of Topliss-reactive ketones (excluding diaryl/α,β-unsaturated/α-hetero) is 1. The summed E-state index contributed by atoms with van der Waals surface area (Å²) >= 11 is 1.53. The summed E-state index contributed by atoms with van der Waals surface area (Å²) in [5.41, 5.74) is 8.12. The van der Waals surface area contributed by atoms with Gasteiger partial charge in [-0.05, 0) is 18.8 Å². The second-order valence-corrected chi connectivity index (χ2v) is 6.85. The Labute approximate surface area is 129 Å². The lowest BCUT2D eigenvalue weighted by atomic mass is 10.1. The molecule has 0 amide bonds. The monoisotopic (exact) mass is 310 g/mol. The fourth-order valence-corrected chi connectivity index (χ4v) is 4.29. The summed E-state index contributed by atoms with van der Waals surface area (Å²) in [5, 5.41) is 1.14. The fourth-order valence-electron chi connectivity index (χ4n) is 3.07. The SMILES string of the molecule is COC1CN(c2sc(C(C)=O)c(N)c2C2CC2)CC1OC. The van der Waals surface area contributed by atoms with Crippen molar-refractivity contribution in [2.24, 2.45) is 0 Å². The highest BCUT2D eigenvalue weighted by molar-refractivity contribution is 7.18. The van der Waals surface area contributed by atoms with Crippen LogP contribution in [-0.2, 0) is 9.47 Å². The van der Waals surface area contributed by atoms with E-state index in [0.29, 0.717) is 16.5 Å². The van der Waals surface area contributed by atoms with Crippen molar-refractivity contribution in [3.63, 3.8) is 0 Å². The number of ether oxygens (including phenoxy) is 2. The molecule has 1 aliphatic heterocycles. The minimum Gasteiger partial charge on any atom is -0.397 e. The van der Waals surface area contributed by atoms with Gasteiger partial charge in [0.1, 0.15) is 12.2 Å². The second-order valence-electron chi connectivity index (χ2n) is 5.85. The molecule has 0 aromatic carbocycles. The molecule has 1 saturated heterocycles. The van der Waals surface area contributed by atoms with Gasteiger partial charge in [0.05, 0.1) is 15.6 Å². The Kier molecular flexibility index (Phi) is 3.94. The molecule has 2 unspecified atom stereocenters. The minimum atomic E-state index is 0.0522. The van der Waals surface area contributed by atoms with Crippen LogP contribution in [0.4, 0.5) is 10.7 Å². The largest absolute Gasteiger partial charge is 0.397 e. The molecule has 1 aromatic heterocycles. The van der Waals surface area contributed by atoms with E-state index in [1.165, 1.54) is 29.7 Å². The second kappa shape index (κ2) is 5.59. The van der Waals surface area contributed by atoms with Crippen LogP contribution in [0.25, 0.3) is 0 Å². The average molecular weight is 310 g/mol. The number of carbonyl (C=O) groups is 1. The summed E-state index contributed by atoms with van der Waals surface area (Å²) < 4.78 is 11.0. The van der Waals surface area contributed by atoms with Crippen molar-refractivity contribution in [1.29, 1.82) is 0 Å². The molecule has 0 radical (unpaired) electrons. The molecule has 1 saturated carbocycles. The molecular formula is C15H22N2O3S. The molecule has 116 valence electrons. The number of carbonyl (C=O) groups excluding carboxylic acids is 1. The zero-order valence-corrected chi connectivity index (χ0v) is 13.5. The van der Waals surface area contributed by atoms with Gasteiger partial charge in [-0.2, -0.15) is 0 Å². The standard InChI is InChI=1S/C15H22N2O3S/c1-8(18)14-13(16)12(9-4-5-9)15(21-14)17-6-10(19-2)11(7-17)20-3/h9-11H,4-7,16H2,1-3H3. The summed E-state index contributed by atoms with van der Waals surface area (Å²) in [6.45, 7) is 3.15. The van der Waals surface area contributed by atoms with Crippen molar-refractivity contribution in [2.75, 3.05) is 37.9 Å². The quantitative estimate of drug-likeness (QED) is 0.845. The minimum absolute atomic E-state index is 0.0522. The van der Waals surface area contributed by atoms with Crippen molar-refractivity contribution in [2.45, 2.75) is 37.9 Å². The predicted octanol–water partition coefficient (Wildman–Crippen LogP) is 2.26. The Morgan fingerprint density at radius 2 is 1.81 bits per heavy atom. The number of anilines is 2. The molecular weight excluding hydrogens is 288 g/mol. The van der Waals surface area contributed by atoms with E-state index >= 15 is 0 Å². The lowest BCUT2D eigenvalue weighted by Gasteiger charge is -2.18. The van der Waals surface area contributed by atoms with Gasteiger partial charge in [0, 0.05) is 39.8 Å². The van der Waals surface area contributed by atoms with Gasteiger partial charge in [0.15, 0.2) is 5.78 Å². The Morgan fingerprint density at radius 3 is 2.24 bits per heavy atom. The Morgan fingerprint density at radius 1 is 1.24 bits per heavy atom. The summed E-state index contributed by atoms with van der Waals surface area (Å²) in [6.07, 6.45) is 2.46. The molecule has 21 heavy (non-hydrogen) atoms. The summed E-state index contributed by atoms with van der Waals surface area (Å²) in [4.78, 5) is 14.8. The molecule has 2 heterocycles. The van der Waals surface area contributed by atoms with Crippen LogP contribution in [0.15, 0.2) is 0 Å². The van der Waals surface area contributed by atoms with E-state index in [1.54, 1.807) is 21.1 Å². The smallest absolute Gasteiger partial charge is 0.171 e. The maximum absolute atomic E-state index is 11.8. The summed E-state index contributed by atoms with van der Waals surface area (Å²) in [7, 11) is 3.43. The van der Waals surface area contributed by atoms with E-state index in [-0.39, 0.29) is 18.0 Å². The Bertz CT molecular complexity index is 541. The van der Waals surface area contributed by atoms with Crippen LogP contribution in [-0.4, -0.2) is 45.3 Å². The number of rotatable bonds is 5. The zero-order valence-electron chi connectivity index (χ0n) is 12.7. The van der Waals surface area contributed by atoms with Crippen LogP contribution >= 0.6 is 11.3 Å². The first-order chi connectivity index (χ1) is 10.1. The number of hydrogen-bond donors (Lipinski definition) is 1. The number of thiophene rings is 1. The first-order valence-electron chi connectivity index (χ1n) is 7.30. The van der Waals surface area contributed by atoms with Crippen molar-refractivity contribution < 1.29 is 14.3 Å². The summed E-state index contributed by atoms with van der Waals surface area (Å²) in [6, 6.07) is 0. The maximum Gasteiger partial charge on any atom is 0.171 e. The molecule has 3 rings (SSSR count). The molecule has 1 aliphatic carbocycles. The van der Waals surface area contributed by atoms with Crippen molar-refractivity contribution in [1.82, 2.24) is 0 Å². The fraction of sp³-hybridized carbons (Fsp3) is 0.667. The highest BCUT2D eigenvalue weighted by atomic mass is 32.1. The number of nitrogen functional groups attached to an aromatic ring is 1. The van der Waals surface area contributed by atoms with Crippen LogP contribution in [0.3, 0.4) is 0 Å². The van der Waals surface area contributed by atoms with E-state index in [0.717, 1.165) is 18.1 Å². The van der Waals surface area contributed by atoms with Crippen LogP contribution in [0.2, 0.25) is 0 Å². The number of methoxy groups -OCH3 is 2. The number of nitrogens with two attached hydrogens (primary N) is 1. The third-order valence-electron chi connectivity index (χ3n) is 4.38. The van der Waals surface area contributed by atoms with E-state index < -0.39 is 0 Å². The molecule has 0 bridgehead atoms. The van der Waals surface area contributed by atoms with E-state index in [1.807, 2.05) is 0 Å². The van der Waals surface area contributed by atoms with E-state index in [9.17, 15) is 4.79 Å². The van der Waals surface area contributed by atoms with Crippen molar-refractivity contribution >= 4 is 27.8 Å². The molecule has 2 N–H and O–H groups in total. The van der Waals surface area contributed by atoms with Crippen LogP contribution in [0.1, 0.15) is 40.9 Å². The van der Waals surface area contributed by atoms with E-state index in [4.69, 9.17) is 15.2 Å². The van der Waals surface area contributed by atoms with Crippen molar-refractivity contribution in [3.05, 3.63) is 10.4 Å². The lowest BCUT2D eigenvalue weighted by Crippen LogP contribution is -2.27. The third-order valence-corrected chi connectivity index (χ3v) is 5.76. The number of ketones is 1. The van der Waals surface area contributed by atoms with Crippen LogP contribution < -0.4 is 10.6 Å². The maximum atomic E-state index is 11.8. The van der Waals surface area contributed by atoms with Gasteiger partial charge in [-0.1, -0.05) is 0 Å². The predicted molar refractivity (Wildman–Crippen MR) is 84.5 cm³/mol. The molecule has 6 heteroatoms. The first-order valence-corrected chi connectivity index (χ1v) is 8.12. The van der Waals surface area contributed by atoms with Gasteiger partial charge in [0.2, 0.25) is 0 Å². The Hall–Kier alpha value is -1.11. The highest BCUT2D eigenvalue weighted by Gasteiger charge is 2.39. The van der Waals surface area contributed by atoms with Gasteiger partial charge in [0.25, 0.3) is 0 Å². The summed E-state index contributed by atoms with van der Waals surface area (Å²) in [5.74, 6) is 0.573. The van der Waals surface area contributed by atoms with Gasteiger partial charge >= 0.3 is 0 Å². The average Bonchev–Trinajstić information content (AvgIpc) is 3.10. The van der Waals surface area contributed by atoms with Gasteiger partial charge in [-0.3, -0.25) is 4.79 Å². The molecule has 2 aliphatic rings. The third kappa shape index (κ3) is 2.56. The Balaban J connectivity index is 1.95. The molecule has 5 nitrogen and oxygen atoms in total.